The molecule has 2 rings (SSSR count). The zero-order chi connectivity index (χ0) is 10.1. The predicted octanol–water partition coefficient (Wildman–Crippen LogP) is 3.56. The average molecular weight is 219 g/mol. The van der Waals surface area contributed by atoms with Gasteiger partial charge >= 0.3 is 0 Å². The van der Waals surface area contributed by atoms with Crippen LogP contribution in [-0.4, -0.2) is 0 Å². The molecule has 0 aliphatic rings. The van der Waals surface area contributed by atoms with Crippen molar-refractivity contribution in [2.45, 2.75) is 18.2 Å². The molecule has 0 saturated heterocycles. The summed E-state index contributed by atoms with van der Waals surface area (Å²) < 4.78 is 1.22. The van der Waals surface area contributed by atoms with E-state index < -0.39 is 0 Å². The molecule has 2 aromatic rings. The van der Waals surface area contributed by atoms with Crippen molar-refractivity contribution in [3.63, 3.8) is 0 Å². The number of fused-ring (bicyclic) bond motifs is 1. The Labute approximate surface area is 92.4 Å². The van der Waals surface area contributed by atoms with E-state index in [1.807, 2.05) is 12.1 Å². The first kappa shape index (κ1) is 9.57. The fourth-order valence-corrected chi connectivity index (χ4v) is 2.97. The summed E-state index contributed by atoms with van der Waals surface area (Å²) in [5, 5.41) is 9.92. The van der Waals surface area contributed by atoms with Gasteiger partial charge in [-0.05, 0) is 30.0 Å². The molecule has 0 radical (unpaired) electrons. The Morgan fingerprint density at radius 1 is 1.50 bits per heavy atom. The van der Waals surface area contributed by atoms with Crippen molar-refractivity contribution in [3.8, 4) is 6.07 Å². The molecule has 0 spiro atoms. The lowest BCUT2D eigenvalue weighted by molar-refractivity contribution is 1.27. The van der Waals surface area contributed by atoms with E-state index in [4.69, 9.17) is 5.26 Å². The molecule has 0 unspecified atom stereocenters. The number of benzene rings is 1. The molecule has 0 atom stereocenters. The van der Waals surface area contributed by atoms with Gasteiger partial charge < -0.3 is 0 Å². The van der Waals surface area contributed by atoms with Crippen LogP contribution < -0.4 is 0 Å². The van der Waals surface area contributed by atoms with Crippen LogP contribution in [0.2, 0.25) is 0 Å². The van der Waals surface area contributed by atoms with Crippen molar-refractivity contribution in [1.29, 1.82) is 5.26 Å². The maximum Gasteiger partial charge on any atom is 0.0670 e. The number of hydrogen-bond acceptors (Lipinski definition) is 3. The summed E-state index contributed by atoms with van der Waals surface area (Å²) in [6.45, 7) is 2.07. The van der Waals surface area contributed by atoms with Crippen LogP contribution in [0.25, 0.3) is 10.1 Å². The van der Waals surface area contributed by atoms with Crippen LogP contribution >= 0.6 is 24.0 Å². The van der Waals surface area contributed by atoms with Gasteiger partial charge in [0, 0.05) is 14.5 Å². The van der Waals surface area contributed by atoms with Crippen molar-refractivity contribution in [2.24, 2.45) is 0 Å². The number of thiophene rings is 1. The number of nitrogens with zero attached hydrogens (tertiary/aromatic N) is 1. The van der Waals surface area contributed by atoms with Crippen LogP contribution in [0.15, 0.2) is 23.1 Å². The van der Waals surface area contributed by atoms with E-state index in [0.717, 1.165) is 4.90 Å². The molecular formula is C11H9NS2. The molecule has 0 saturated carbocycles. The second-order valence-corrected chi connectivity index (χ2v) is 4.92. The summed E-state index contributed by atoms with van der Waals surface area (Å²) in [5.41, 5.74) is 1.17. The van der Waals surface area contributed by atoms with Crippen molar-refractivity contribution < 1.29 is 0 Å². The van der Waals surface area contributed by atoms with Gasteiger partial charge in [-0.25, -0.2) is 0 Å². The molecule has 1 heterocycles. The monoisotopic (exact) mass is 219 g/mol. The van der Waals surface area contributed by atoms with Crippen molar-refractivity contribution in [3.05, 3.63) is 28.6 Å². The normalized spacial score (nSPS) is 10.4. The van der Waals surface area contributed by atoms with E-state index in [-0.39, 0.29) is 0 Å². The topological polar surface area (TPSA) is 23.8 Å². The van der Waals surface area contributed by atoms with Gasteiger partial charge in [0.05, 0.1) is 12.5 Å². The van der Waals surface area contributed by atoms with Gasteiger partial charge in [0.2, 0.25) is 0 Å². The number of rotatable bonds is 1. The number of hydrogen-bond donors (Lipinski definition) is 1. The van der Waals surface area contributed by atoms with E-state index in [1.165, 1.54) is 20.5 Å². The highest BCUT2D eigenvalue weighted by Gasteiger charge is 2.08. The van der Waals surface area contributed by atoms with Crippen LogP contribution in [0.1, 0.15) is 10.4 Å². The summed E-state index contributed by atoms with van der Waals surface area (Å²) in [6.07, 6.45) is 0.498. The third-order valence-corrected chi connectivity index (χ3v) is 3.62. The molecule has 0 N–H and O–H groups in total. The quantitative estimate of drug-likeness (QED) is 0.728. The van der Waals surface area contributed by atoms with E-state index in [2.05, 4.69) is 31.7 Å². The van der Waals surface area contributed by atoms with Crippen LogP contribution in [0, 0.1) is 18.3 Å². The molecule has 3 heteroatoms. The molecule has 70 valence electrons. The van der Waals surface area contributed by atoms with Crippen LogP contribution in [0.3, 0.4) is 0 Å². The Morgan fingerprint density at radius 3 is 3.00 bits per heavy atom. The van der Waals surface area contributed by atoms with E-state index in [1.54, 1.807) is 11.3 Å². The lowest BCUT2D eigenvalue weighted by Gasteiger charge is -1.94. The minimum atomic E-state index is 0.498. The molecule has 0 fully saturated rings. The zero-order valence-electron chi connectivity index (χ0n) is 7.74. The molecular weight excluding hydrogens is 210 g/mol. The first-order valence-corrected chi connectivity index (χ1v) is 5.56. The van der Waals surface area contributed by atoms with Gasteiger partial charge in [-0.15, -0.1) is 24.0 Å². The van der Waals surface area contributed by atoms with Gasteiger partial charge in [-0.1, -0.05) is 6.07 Å². The number of nitriles is 1. The predicted molar refractivity (Wildman–Crippen MR) is 63.1 cm³/mol. The summed E-state index contributed by atoms with van der Waals surface area (Å²) >= 11 is 6.03. The highest BCUT2D eigenvalue weighted by molar-refractivity contribution is 7.80. The minimum absolute atomic E-state index is 0.498. The molecule has 0 aliphatic heterocycles. The third-order valence-electron chi connectivity index (χ3n) is 2.23. The summed E-state index contributed by atoms with van der Waals surface area (Å²) in [7, 11) is 0. The van der Waals surface area contributed by atoms with Crippen molar-refractivity contribution in [2.75, 3.05) is 0 Å². The van der Waals surface area contributed by atoms with Gasteiger partial charge in [-0.2, -0.15) is 5.26 Å². The zero-order valence-corrected chi connectivity index (χ0v) is 9.45. The Morgan fingerprint density at radius 2 is 2.29 bits per heavy atom. The van der Waals surface area contributed by atoms with Gasteiger partial charge in [0.1, 0.15) is 0 Å². The second-order valence-electron chi connectivity index (χ2n) is 3.15. The fraction of sp³-hybridized carbons (Fsp3) is 0.182. The second kappa shape index (κ2) is 3.64. The number of thiol groups is 1. The highest BCUT2D eigenvalue weighted by atomic mass is 32.1. The summed E-state index contributed by atoms with van der Waals surface area (Å²) in [5.74, 6) is 0. The molecule has 1 aromatic carbocycles. The summed E-state index contributed by atoms with van der Waals surface area (Å²) in [4.78, 5) is 2.21. The summed E-state index contributed by atoms with van der Waals surface area (Å²) in [6, 6.07) is 8.28. The first-order valence-electron chi connectivity index (χ1n) is 4.30. The smallest absolute Gasteiger partial charge is 0.0670 e. The van der Waals surface area contributed by atoms with Crippen molar-refractivity contribution in [1.82, 2.24) is 0 Å². The SMILES string of the molecule is Cc1sc2cc(S)ccc2c1CC#N. The molecule has 0 aliphatic carbocycles. The Balaban J connectivity index is 2.72. The number of aryl methyl sites for hydroxylation is 1. The first-order chi connectivity index (χ1) is 6.72. The average Bonchev–Trinajstić information content (AvgIpc) is 2.43. The van der Waals surface area contributed by atoms with Crippen LogP contribution in [-0.2, 0) is 6.42 Å². The van der Waals surface area contributed by atoms with Gasteiger partial charge in [0.15, 0.2) is 0 Å². The standard InChI is InChI=1S/C11H9NS2/c1-7-9(4-5-12)10-3-2-8(13)6-11(10)14-7/h2-3,6,13H,4H2,1H3. The lowest BCUT2D eigenvalue weighted by Crippen LogP contribution is -1.80. The molecule has 0 amide bonds. The van der Waals surface area contributed by atoms with Crippen molar-refractivity contribution >= 4 is 34.1 Å². The van der Waals surface area contributed by atoms with E-state index >= 15 is 0 Å². The Kier molecular flexibility index (Phi) is 2.49. The molecule has 1 nitrogen and oxygen atoms in total. The van der Waals surface area contributed by atoms with E-state index in [9.17, 15) is 0 Å². The Bertz CT molecular complexity index is 520. The Hall–Kier alpha value is -0.980. The van der Waals surface area contributed by atoms with E-state index in [0.29, 0.717) is 6.42 Å². The molecule has 14 heavy (non-hydrogen) atoms. The van der Waals surface area contributed by atoms with Crippen LogP contribution in [0.5, 0.6) is 0 Å². The van der Waals surface area contributed by atoms with Crippen LogP contribution in [0.4, 0.5) is 0 Å². The maximum absolute atomic E-state index is 8.72. The highest BCUT2D eigenvalue weighted by Crippen LogP contribution is 2.32. The third kappa shape index (κ3) is 1.52. The minimum Gasteiger partial charge on any atom is -0.198 e. The van der Waals surface area contributed by atoms with Gasteiger partial charge in [-0.3, -0.25) is 0 Å². The maximum atomic E-state index is 8.72. The molecule has 1 aromatic heterocycles. The molecule has 0 bridgehead atoms. The largest absolute Gasteiger partial charge is 0.198 e. The lowest BCUT2D eigenvalue weighted by atomic mass is 10.1. The fourth-order valence-electron chi connectivity index (χ4n) is 1.56. The van der Waals surface area contributed by atoms with Gasteiger partial charge in [0.25, 0.3) is 0 Å².